The summed E-state index contributed by atoms with van der Waals surface area (Å²) < 4.78 is 11.4. The SMILES string of the molecule is CC(C)(C)OC(=O)Cc1cccc2c1CC(C(C)(C)C)OC2. The number of benzene rings is 1. The Morgan fingerprint density at radius 3 is 2.50 bits per heavy atom. The average Bonchev–Trinajstić information content (AvgIpc) is 2.35. The van der Waals surface area contributed by atoms with Crippen molar-refractivity contribution in [3.63, 3.8) is 0 Å². The van der Waals surface area contributed by atoms with E-state index in [4.69, 9.17) is 9.47 Å². The van der Waals surface area contributed by atoms with Crippen molar-refractivity contribution in [3.8, 4) is 0 Å². The second-order valence-electron chi connectivity index (χ2n) is 8.19. The second kappa shape index (κ2) is 6.04. The number of hydrogen-bond donors (Lipinski definition) is 0. The van der Waals surface area contributed by atoms with Crippen LogP contribution >= 0.6 is 0 Å². The molecule has 1 heterocycles. The van der Waals surface area contributed by atoms with Gasteiger partial charge in [-0.25, -0.2) is 0 Å². The molecule has 0 spiro atoms. The maximum absolute atomic E-state index is 12.1. The highest BCUT2D eigenvalue weighted by atomic mass is 16.6. The van der Waals surface area contributed by atoms with Gasteiger partial charge in [0.25, 0.3) is 0 Å². The fourth-order valence-corrected chi connectivity index (χ4v) is 2.77. The van der Waals surface area contributed by atoms with Gasteiger partial charge in [0.2, 0.25) is 0 Å². The van der Waals surface area contributed by atoms with Crippen molar-refractivity contribution >= 4 is 5.97 Å². The van der Waals surface area contributed by atoms with Crippen LogP contribution < -0.4 is 0 Å². The molecular weight excluding hydrogens is 276 g/mol. The van der Waals surface area contributed by atoms with Crippen LogP contribution in [0.15, 0.2) is 18.2 Å². The molecule has 1 aliphatic heterocycles. The number of hydrogen-bond acceptors (Lipinski definition) is 3. The summed E-state index contributed by atoms with van der Waals surface area (Å²) in [6.07, 6.45) is 1.37. The van der Waals surface area contributed by atoms with Gasteiger partial charge in [-0.3, -0.25) is 4.79 Å². The smallest absolute Gasteiger partial charge is 0.310 e. The molecule has 122 valence electrons. The summed E-state index contributed by atoms with van der Waals surface area (Å²) in [4.78, 5) is 12.1. The molecule has 1 aromatic carbocycles. The lowest BCUT2D eigenvalue weighted by atomic mass is 9.81. The Labute approximate surface area is 134 Å². The third kappa shape index (κ3) is 4.33. The Morgan fingerprint density at radius 2 is 1.91 bits per heavy atom. The number of fused-ring (bicyclic) bond motifs is 1. The highest BCUT2D eigenvalue weighted by Gasteiger charge is 2.31. The van der Waals surface area contributed by atoms with Crippen LogP contribution in [0.2, 0.25) is 0 Å². The minimum absolute atomic E-state index is 0.0940. The normalized spacial score (nSPS) is 18.7. The molecule has 0 N–H and O–H groups in total. The van der Waals surface area contributed by atoms with Crippen molar-refractivity contribution < 1.29 is 14.3 Å². The van der Waals surface area contributed by atoms with Crippen LogP contribution in [0.1, 0.15) is 58.2 Å². The summed E-state index contributed by atoms with van der Waals surface area (Å²) in [7, 11) is 0. The van der Waals surface area contributed by atoms with Gasteiger partial charge in [-0.15, -0.1) is 0 Å². The van der Waals surface area contributed by atoms with Crippen LogP contribution in [0.5, 0.6) is 0 Å². The van der Waals surface area contributed by atoms with E-state index in [1.165, 1.54) is 11.1 Å². The highest BCUT2D eigenvalue weighted by molar-refractivity contribution is 5.73. The Hall–Kier alpha value is -1.35. The zero-order valence-corrected chi connectivity index (χ0v) is 14.7. The molecule has 1 atom stereocenters. The number of carbonyl (C=O) groups excluding carboxylic acids is 1. The predicted molar refractivity (Wildman–Crippen MR) is 87.7 cm³/mol. The molecule has 0 saturated heterocycles. The van der Waals surface area contributed by atoms with Crippen LogP contribution in [-0.2, 0) is 33.7 Å². The van der Waals surface area contributed by atoms with Crippen molar-refractivity contribution in [2.45, 2.75) is 72.7 Å². The molecule has 0 radical (unpaired) electrons. The molecule has 0 bridgehead atoms. The van der Waals surface area contributed by atoms with Crippen molar-refractivity contribution in [1.29, 1.82) is 0 Å². The first-order valence-corrected chi connectivity index (χ1v) is 7.99. The minimum Gasteiger partial charge on any atom is -0.460 e. The second-order valence-corrected chi connectivity index (χ2v) is 8.19. The number of carbonyl (C=O) groups is 1. The molecular formula is C19H28O3. The quantitative estimate of drug-likeness (QED) is 0.773. The third-order valence-electron chi connectivity index (χ3n) is 3.92. The Kier molecular flexibility index (Phi) is 4.67. The number of esters is 1. The molecule has 0 aliphatic carbocycles. The Balaban J connectivity index is 2.20. The zero-order chi connectivity index (χ0) is 16.5. The van der Waals surface area contributed by atoms with Gasteiger partial charge in [0.1, 0.15) is 5.60 Å². The van der Waals surface area contributed by atoms with E-state index in [0.29, 0.717) is 13.0 Å². The summed E-state index contributed by atoms with van der Waals surface area (Å²) in [5.74, 6) is -0.167. The van der Waals surface area contributed by atoms with E-state index < -0.39 is 5.60 Å². The molecule has 3 nitrogen and oxygen atoms in total. The van der Waals surface area contributed by atoms with Crippen LogP contribution in [0.3, 0.4) is 0 Å². The first-order chi connectivity index (χ1) is 10.1. The van der Waals surface area contributed by atoms with Crippen molar-refractivity contribution in [1.82, 2.24) is 0 Å². The Morgan fingerprint density at radius 1 is 1.23 bits per heavy atom. The summed E-state index contributed by atoms with van der Waals surface area (Å²) in [5.41, 5.74) is 3.19. The van der Waals surface area contributed by atoms with Gasteiger partial charge >= 0.3 is 5.97 Å². The summed E-state index contributed by atoms with van der Waals surface area (Å²) in [6, 6.07) is 6.12. The van der Waals surface area contributed by atoms with E-state index in [1.54, 1.807) is 0 Å². The fraction of sp³-hybridized carbons (Fsp3) is 0.632. The van der Waals surface area contributed by atoms with E-state index in [9.17, 15) is 4.79 Å². The molecule has 3 heteroatoms. The summed E-state index contributed by atoms with van der Waals surface area (Å²) >= 11 is 0. The van der Waals surface area contributed by atoms with E-state index in [2.05, 4.69) is 26.8 Å². The first kappa shape index (κ1) is 17.0. The minimum atomic E-state index is -0.441. The maximum Gasteiger partial charge on any atom is 0.310 e. The first-order valence-electron chi connectivity index (χ1n) is 7.99. The van der Waals surface area contributed by atoms with E-state index >= 15 is 0 Å². The van der Waals surface area contributed by atoms with E-state index in [1.807, 2.05) is 32.9 Å². The van der Waals surface area contributed by atoms with Gasteiger partial charge in [-0.2, -0.15) is 0 Å². The molecule has 22 heavy (non-hydrogen) atoms. The standard InChI is InChI=1S/C19H28O3/c1-18(2,3)16-11-15-13(8-7-9-14(15)12-21-16)10-17(20)22-19(4,5)6/h7-9,16H,10-12H2,1-6H3. The molecule has 1 aliphatic rings. The summed E-state index contributed by atoms with van der Waals surface area (Å²) in [6.45, 7) is 12.9. The van der Waals surface area contributed by atoms with Gasteiger partial charge in [0.05, 0.1) is 19.1 Å². The lowest BCUT2D eigenvalue weighted by Gasteiger charge is -2.35. The lowest BCUT2D eigenvalue weighted by molar-refractivity contribution is -0.153. The van der Waals surface area contributed by atoms with E-state index in [0.717, 1.165) is 12.0 Å². The van der Waals surface area contributed by atoms with Crippen molar-refractivity contribution in [2.24, 2.45) is 5.41 Å². The zero-order valence-electron chi connectivity index (χ0n) is 14.7. The van der Waals surface area contributed by atoms with Gasteiger partial charge in [0.15, 0.2) is 0 Å². The largest absolute Gasteiger partial charge is 0.460 e. The van der Waals surface area contributed by atoms with Crippen LogP contribution in [0.25, 0.3) is 0 Å². The molecule has 1 aromatic rings. The van der Waals surface area contributed by atoms with Crippen LogP contribution in [0, 0.1) is 5.41 Å². The van der Waals surface area contributed by atoms with Crippen LogP contribution in [0.4, 0.5) is 0 Å². The van der Waals surface area contributed by atoms with Gasteiger partial charge in [-0.1, -0.05) is 39.0 Å². The lowest BCUT2D eigenvalue weighted by Crippen LogP contribution is -2.35. The maximum atomic E-state index is 12.1. The molecule has 1 unspecified atom stereocenters. The molecule has 0 aromatic heterocycles. The van der Waals surface area contributed by atoms with E-state index in [-0.39, 0.29) is 17.5 Å². The highest BCUT2D eigenvalue weighted by Crippen LogP contribution is 2.33. The molecule has 0 fully saturated rings. The molecule has 0 amide bonds. The monoisotopic (exact) mass is 304 g/mol. The molecule has 2 rings (SSSR count). The summed E-state index contributed by atoms with van der Waals surface area (Å²) in [5, 5.41) is 0. The van der Waals surface area contributed by atoms with Gasteiger partial charge in [0, 0.05) is 0 Å². The third-order valence-corrected chi connectivity index (χ3v) is 3.92. The number of rotatable bonds is 2. The topological polar surface area (TPSA) is 35.5 Å². The van der Waals surface area contributed by atoms with Crippen molar-refractivity contribution in [3.05, 3.63) is 34.9 Å². The predicted octanol–water partition coefficient (Wildman–Crippen LogP) is 4.06. The average molecular weight is 304 g/mol. The number of ether oxygens (including phenoxy) is 2. The van der Waals surface area contributed by atoms with Gasteiger partial charge in [-0.05, 0) is 49.3 Å². The van der Waals surface area contributed by atoms with Crippen LogP contribution in [-0.4, -0.2) is 17.7 Å². The van der Waals surface area contributed by atoms with Gasteiger partial charge < -0.3 is 9.47 Å². The van der Waals surface area contributed by atoms with Crippen molar-refractivity contribution in [2.75, 3.05) is 0 Å². The Bertz CT molecular complexity index is 547. The fourth-order valence-electron chi connectivity index (χ4n) is 2.77. The molecule has 0 saturated carbocycles.